The molecule has 1 amide bonds. The Balaban J connectivity index is 1.98. The van der Waals surface area contributed by atoms with Crippen LogP contribution in [0, 0.1) is 6.92 Å². The minimum absolute atomic E-state index is 0.0393. The van der Waals surface area contributed by atoms with Crippen molar-refractivity contribution in [2.45, 2.75) is 26.8 Å². The van der Waals surface area contributed by atoms with E-state index >= 15 is 0 Å². The van der Waals surface area contributed by atoms with Crippen LogP contribution in [0.5, 0.6) is 5.75 Å². The minimum Gasteiger partial charge on any atom is -0.496 e. The molecular formula is C21H25N5O3. The van der Waals surface area contributed by atoms with Crippen LogP contribution in [0.15, 0.2) is 42.7 Å². The van der Waals surface area contributed by atoms with Crippen molar-refractivity contribution in [2.24, 2.45) is 0 Å². The number of amides is 1. The second-order valence-corrected chi connectivity index (χ2v) is 6.81. The maximum Gasteiger partial charge on any atom is 0.257 e. The average molecular weight is 395 g/mol. The SMILES string of the molecule is COc1ccccc1-c1ccnc(-n2ncc(C(=O)N(CCO)C(C)C)c2C)n1. The number of ether oxygens (including phenoxy) is 1. The van der Waals surface area contributed by atoms with Gasteiger partial charge in [-0.05, 0) is 39.0 Å². The fraction of sp³-hybridized carbons (Fsp3) is 0.333. The van der Waals surface area contributed by atoms with Gasteiger partial charge in [0.15, 0.2) is 0 Å². The Morgan fingerprint density at radius 2 is 2.03 bits per heavy atom. The molecule has 3 aromatic rings. The van der Waals surface area contributed by atoms with E-state index < -0.39 is 0 Å². The molecule has 8 heteroatoms. The van der Waals surface area contributed by atoms with Crippen LogP contribution in [0.2, 0.25) is 0 Å². The van der Waals surface area contributed by atoms with E-state index in [4.69, 9.17) is 4.74 Å². The number of aliphatic hydroxyl groups excluding tert-OH is 1. The van der Waals surface area contributed by atoms with Gasteiger partial charge in [0, 0.05) is 24.3 Å². The molecule has 0 fully saturated rings. The number of carbonyl (C=O) groups is 1. The molecule has 2 heterocycles. The van der Waals surface area contributed by atoms with E-state index in [-0.39, 0.29) is 25.1 Å². The lowest BCUT2D eigenvalue weighted by atomic mass is 10.1. The third-order valence-corrected chi connectivity index (χ3v) is 4.68. The largest absolute Gasteiger partial charge is 0.496 e. The molecule has 0 aliphatic heterocycles. The van der Waals surface area contributed by atoms with Crippen molar-refractivity contribution in [3.8, 4) is 23.0 Å². The molecule has 1 aromatic carbocycles. The molecule has 0 radical (unpaired) electrons. The zero-order valence-corrected chi connectivity index (χ0v) is 17.0. The van der Waals surface area contributed by atoms with Crippen molar-refractivity contribution in [3.63, 3.8) is 0 Å². The number of aromatic nitrogens is 4. The van der Waals surface area contributed by atoms with E-state index in [1.54, 1.807) is 35.9 Å². The number of aliphatic hydroxyl groups is 1. The first kappa shape index (κ1) is 20.5. The van der Waals surface area contributed by atoms with Crippen molar-refractivity contribution in [1.82, 2.24) is 24.6 Å². The van der Waals surface area contributed by atoms with Crippen LogP contribution in [-0.4, -0.2) is 62.0 Å². The van der Waals surface area contributed by atoms with E-state index in [0.717, 1.165) is 5.56 Å². The third-order valence-electron chi connectivity index (χ3n) is 4.68. The highest BCUT2D eigenvalue weighted by Gasteiger charge is 2.23. The molecule has 0 atom stereocenters. The molecule has 8 nitrogen and oxygen atoms in total. The molecule has 0 saturated carbocycles. The normalized spacial score (nSPS) is 11.0. The van der Waals surface area contributed by atoms with Crippen molar-refractivity contribution in [2.75, 3.05) is 20.3 Å². The van der Waals surface area contributed by atoms with Gasteiger partial charge < -0.3 is 14.7 Å². The van der Waals surface area contributed by atoms with Crippen molar-refractivity contribution >= 4 is 5.91 Å². The maximum absolute atomic E-state index is 12.9. The second-order valence-electron chi connectivity index (χ2n) is 6.81. The van der Waals surface area contributed by atoms with E-state index in [0.29, 0.717) is 28.6 Å². The summed E-state index contributed by atoms with van der Waals surface area (Å²) in [5.74, 6) is 0.892. The second kappa shape index (κ2) is 8.83. The highest BCUT2D eigenvalue weighted by atomic mass is 16.5. The van der Waals surface area contributed by atoms with Gasteiger partial charge in [0.05, 0.1) is 36.9 Å². The molecule has 1 N–H and O–H groups in total. The summed E-state index contributed by atoms with van der Waals surface area (Å²) in [4.78, 5) is 23.5. The van der Waals surface area contributed by atoms with Crippen LogP contribution in [0.4, 0.5) is 0 Å². The van der Waals surface area contributed by atoms with Crippen LogP contribution < -0.4 is 4.74 Å². The molecule has 0 aliphatic carbocycles. The number of rotatable bonds is 7. The molecular weight excluding hydrogens is 370 g/mol. The van der Waals surface area contributed by atoms with Crippen molar-refractivity contribution in [1.29, 1.82) is 0 Å². The summed E-state index contributed by atoms with van der Waals surface area (Å²) in [6, 6.07) is 9.36. The summed E-state index contributed by atoms with van der Waals surface area (Å²) in [7, 11) is 1.61. The van der Waals surface area contributed by atoms with Crippen LogP contribution in [0.3, 0.4) is 0 Å². The van der Waals surface area contributed by atoms with Crippen LogP contribution in [0.25, 0.3) is 17.2 Å². The summed E-state index contributed by atoms with van der Waals surface area (Å²) < 4.78 is 6.97. The Morgan fingerprint density at radius 1 is 1.28 bits per heavy atom. The van der Waals surface area contributed by atoms with Gasteiger partial charge in [0.1, 0.15) is 5.75 Å². The zero-order valence-electron chi connectivity index (χ0n) is 17.0. The molecule has 29 heavy (non-hydrogen) atoms. The van der Waals surface area contributed by atoms with Crippen molar-refractivity contribution < 1.29 is 14.6 Å². The fourth-order valence-corrected chi connectivity index (χ4v) is 3.13. The van der Waals surface area contributed by atoms with Crippen LogP contribution in [0.1, 0.15) is 29.9 Å². The van der Waals surface area contributed by atoms with Crippen molar-refractivity contribution in [3.05, 3.63) is 54.0 Å². The molecule has 0 aliphatic rings. The van der Waals surface area contributed by atoms with E-state index in [1.807, 2.05) is 38.1 Å². The van der Waals surface area contributed by atoms with Gasteiger partial charge >= 0.3 is 0 Å². The lowest BCUT2D eigenvalue weighted by Crippen LogP contribution is -2.39. The first-order valence-corrected chi connectivity index (χ1v) is 9.41. The van der Waals surface area contributed by atoms with Crippen LogP contribution >= 0.6 is 0 Å². The number of hydrogen-bond acceptors (Lipinski definition) is 6. The standard InChI is InChI=1S/C21H25N5O3/c1-14(2)25(11-12-27)20(28)17-13-23-26(15(17)3)21-22-10-9-18(24-21)16-7-5-6-8-19(16)29-4/h5-10,13-14,27H,11-12H2,1-4H3. The monoisotopic (exact) mass is 395 g/mol. The Kier molecular flexibility index (Phi) is 6.23. The summed E-state index contributed by atoms with van der Waals surface area (Å²) in [6.45, 7) is 5.79. The van der Waals surface area contributed by atoms with Gasteiger partial charge in [-0.3, -0.25) is 4.79 Å². The Morgan fingerprint density at radius 3 is 2.72 bits per heavy atom. The Bertz CT molecular complexity index is 999. The lowest BCUT2D eigenvalue weighted by molar-refractivity contribution is 0.0664. The molecule has 0 bridgehead atoms. The fourth-order valence-electron chi connectivity index (χ4n) is 3.13. The summed E-state index contributed by atoms with van der Waals surface area (Å²) in [6.07, 6.45) is 3.17. The first-order chi connectivity index (χ1) is 14.0. The number of benzene rings is 1. The van der Waals surface area contributed by atoms with E-state index in [9.17, 15) is 9.90 Å². The highest BCUT2D eigenvalue weighted by Crippen LogP contribution is 2.28. The molecule has 2 aromatic heterocycles. The lowest BCUT2D eigenvalue weighted by Gasteiger charge is -2.25. The number of carbonyl (C=O) groups excluding carboxylic acids is 1. The quantitative estimate of drug-likeness (QED) is 0.661. The first-order valence-electron chi connectivity index (χ1n) is 9.41. The van der Waals surface area contributed by atoms with Gasteiger partial charge in [0.2, 0.25) is 0 Å². The van der Waals surface area contributed by atoms with E-state index in [1.165, 1.54) is 6.20 Å². The zero-order chi connectivity index (χ0) is 21.0. The summed E-state index contributed by atoms with van der Waals surface area (Å²) in [5.41, 5.74) is 2.63. The topological polar surface area (TPSA) is 93.4 Å². The number of hydrogen-bond donors (Lipinski definition) is 1. The predicted molar refractivity (Wildman–Crippen MR) is 109 cm³/mol. The van der Waals surface area contributed by atoms with Gasteiger partial charge in [-0.25, -0.2) is 14.6 Å². The maximum atomic E-state index is 12.9. The van der Waals surface area contributed by atoms with Gasteiger partial charge in [-0.15, -0.1) is 0 Å². The molecule has 0 unspecified atom stereocenters. The number of nitrogens with zero attached hydrogens (tertiary/aromatic N) is 5. The number of methoxy groups -OCH3 is 1. The Labute approximate surface area is 169 Å². The molecule has 0 saturated heterocycles. The van der Waals surface area contributed by atoms with Crippen LogP contribution in [-0.2, 0) is 0 Å². The summed E-state index contributed by atoms with van der Waals surface area (Å²) >= 11 is 0. The number of para-hydroxylation sites is 1. The highest BCUT2D eigenvalue weighted by molar-refractivity contribution is 5.95. The Hall–Kier alpha value is -3.26. The van der Waals surface area contributed by atoms with Gasteiger partial charge in [-0.2, -0.15) is 5.10 Å². The molecule has 0 spiro atoms. The molecule has 152 valence electrons. The van der Waals surface area contributed by atoms with Gasteiger partial charge in [-0.1, -0.05) is 12.1 Å². The van der Waals surface area contributed by atoms with Gasteiger partial charge in [0.25, 0.3) is 11.9 Å². The van der Waals surface area contributed by atoms with E-state index in [2.05, 4.69) is 15.1 Å². The predicted octanol–water partition coefficient (Wildman–Crippen LogP) is 2.49. The molecule has 3 rings (SSSR count). The smallest absolute Gasteiger partial charge is 0.257 e. The average Bonchev–Trinajstić information content (AvgIpc) is 3.12. The third kappa shape index (κ3) is 4.12. The summed E-state index contributed by atoms with van der Waals surface area (Å²) in [5, 5.41) is 13.6. The minimum atomic E-state index is -0.182.